The Balaban J connectivity index is 1.33. The number of aliphatic hydroxyl groups is 1. The molecule has 1 aliphatic heterocycles. The molecule has 1 saturated heterocycles. The van der Waals surface area contributed by atoms with E-state index in [1.165, 1.54) is 18.1 Å². The molecule has 4 rings (SSSR count). The second-order valence-corrected chi connectivity index (χ2v) is 8.09. The molecule has 2 N–H and O–H groups in total. The van der Waals surface area contributed by atoms with Crippen molar-refractivity contribution in [3.63, 3.8) is 0 Å². The number of aliphatic hydroxyl groups excluding tert-OH is 1. The van der Waals surface area contributed by atoms with Crippen molar-refractivity contribution in [1.29, 1.82) is 0 Å². The topological polar surface area (TPSA) is 70.4 Å². The summed E-state index contributed by atoms with van der Waals surface area (Å²) in [4.78, 5) is 13.8. The first-order chi connectivity index (χ1) is 13.1. The molecule has 0 bridgehead atoms. The van der Waals surface area contributed by atoms with Gasteiger partial charge in [-0.1, -0.05) is 30.3 Å². The lowest BCUT2D eigenvalue weighted by Gasteiger charge is -2.35. The van der Waals surface area contributed by atoms with Crippen molar-refractivity contribution in [1.82, 2.24) is 20.0 Å². The number of aromatic nitrogens is 2. The van der Waals surface area contributed by atoms with Crippen LogP contribution in [-0.4, -0.2) is 50.9 Å². The van der Waals surface area contributed by atoms with E-state index in [1.54, 1.807) is 0 Å². The normalized spacial score (nSPS) is 28.1. The molecule has 27 heavy (non-hydrogen) atoms. The molecule has 0 spiro atoms. The second-order valence-electron chi connectivity index (χ2n) is 8.09. The Labute approximate surface area is 160 Å². The first kappa shape index (κ1) is 18.2. The molecule has 0 unspecified atom stereocenters. The molecular formula is C21H28N4O2. The molecule has 1 amide bonds. The molecule has 4 atom stereocenters. The third-order valence-electron chi connectivity index (χ3n) is 5.89. The number of likely N-dealkylation sites (tertiary alicyclic amines) is 1. The molecular weight excluding hydrogens is 340 g/mol. The Bertz CT molecular complexity index is 775. The first-order valence-electron chi connectivity index (χ1n) is 9.79. The number of amides is 1. The molecule has 2 aliphatic rings. The molecule has 2 aromatic rings. The monoisotopic (exact) mass is 368 g/mol. The van der Waals surface area contributed by atoms with Crippen LogP contribution >= 0.6 is 0 Å². The zero-order valence-electron chi connectivity index (χ0n) is 15.8. The molecule has 1 aromatic carbocycles. The number of hydrogen-bond donors (Lipinski definition) is 2. The van der Waals surface area contributed by atoms with Gasteiger partial charge in [0.15, 0.2) is 0 Å². The van der Waals surface area contributed by atoms with Crippen LogP contribution in [0.1, 0.15) is 30.9 Å². The average Bonchev–Trinajstić information content (AvgIpc) is 3.22. The fourth-order valence-corrected chi connectivity index (χ4v) is 4.68. The highest BCUT2D eigenvalue weighted by atomic mass is 16.3. The van der Waals surface area contributed by atoms with Crippen molar-refractivity contribution in [3.8, 4) is 0 Å². The number of hydrogen-bond acceptors (Lipinski definition) is 4. The van der Waals surface area contributed by atoms with Gasteiger partial charge >= 0.3 is 0 Å². The van der Waals surface area contributed by atoms with Gasteiger partial charge in [-0.25, -0.2) is 0 Å². The fourth-order valence-electron chi connectivity index (χ4n) is 4.68. The van der Waals surface area contributed by atoms with Gasteiger partial charge in [0.1, 0.15) is 0 Å². The van der Waals surface area contributed by atoms with Crippen LogP contribution in [-0.2, 0) is 17.9 Å². The van der Waals surface area contributed by atoms with Gasteiger partial charge in [0.25, 0.3) is 0 Å². The minimum atomic E-state index is -0.427. The first-order valence-corrected chi connectivity index (χ1v) is 9.79. The summed E-state index contributed by atoms with van der Waals surface area (Å²) in [6.07, 6.45) is 5.31. The van der Waals surface area contributed by atoms with Crippen molar-refractivity contribution in [2.45, 2.75) is 45.0 Å². The summed E-state index contributed by atoms with van der Waals surface area (Å²) in [5, 5.41) is 17.8. The zero-order valence-corrected chi connectivity index (χ0v) is 15.8. The highest BCUT2D eigenvalue weighted by Gasteiger charge is 2.41. The van der Waals surface area contributed by atoms with Crippen LogP contribution in [0.25, 0.3) is 0 Å². The van der Waals surface area contributed by atoms with Crippen LogP contribution in [0.2, 0.25) is 0 Å². The highest BCUT2D eigenvalue weighted by molar-refractivity contribution is 5.73. The smallest absolute Gasteiger partial charge is 0.217 e. The predicted octanol–water partition coefficient (Wildman–Crippen LogP) is 1.64. The minimum Gasteiger partial charge on any atom is -0.391 e. The van der Waals surface area contributed by atoms with Crippen LogP contribution in [0, 0.1) is 11.8 Å². The Kier molecular flexibility index (Phi) is 5.27. The van der Waals surface area contributed by atoms with Crippen molar-refractivity contribution < 1.29 is 9.90 Å². The van der Waals surface area contributed by atoms with E-state index in [1.807, 2.05) is 29.1 Å². The molecule has 0 radical (unpaired) electrons. The van der Waals surface area contributed by atoms with E-state index in [0.717, 1.165) is 39.0 Å². The van der Waals surface area contributed by atoms with Gasteiger partial charge in [0.05, 0.1) is 24.9 Å². The van der Waals surface area contributed by atoms with Crippen LogP contribution in [0.15, 0.2) is 42.7 Å². The zero-order chi connectivity index (χ0) is 18.8. The van der Waals surface area contributed by atoms with E-state index in [4.69, 9.17) is 0 Å². The second kappa shape index (κ2) is 7.82. The standard InChI is InChI=1S/C21H28N4O2/c1-15(26)23-20-7-18-13-24(14-19(18)8-21(20)27)10-17-9-22-25(12-17)11-16-5-3-2-4-6-16/h2-6,9,12,18-21,27H,7-8,10-11,13-14H2,1H3,(H,23,26)/t18-,19+,20-,21-/m1/s1. The van der Waals surface area contributed by atoms with Gasteiger partial charge in [-0.15, -0.1) is 0 Å². The largest absolute Gasteiger partial charge is 0.391 e. The Hall–Kier alpha value is -2.18. The van der Waals surface area contributed by atoms with E-state index >= 15 is 0 Å². The minimum absolute atomic E-state index is 0.0572. The molecule has 1 saturated carbocycles. The number of rotatable bonds is 5. The Morgan fingerprint density at radius 2 is 1.89 bits per heavy atom. The molecule has 6 nitrogen and oxygen atoms in total. The summed E-state index contributed by atoms with van der Waals surface area (Å²) >= 11 is 0. The number of fused-ring (bicyclic) bond motifs is 1. The Morgan fingerprint density at radius 1 is 1.15 bits per heavy atom. The van der Waals surface area contributed by atoms with Gasteiger partial charge in [0.2, 0.25) is 5.91 Å². The lowest BCUT2D eigenvalue weighted by molar-refractivity contribution is -0.121. The summed E-state index contributed by atoms with van der Waals surface area (Å²) in [6, 6.07) is 10.3. The van der Waals surface area contributed by atoms with Crippen LogP contribution < -0.4 is 5.32 Å². The highest BCUT2D eigenvalue weighted by Crippen LogP contribution is 2.37. The van der Waals surface area contributed by atoms with E-state index in [9.17, 15) is 9.90 Å². The fraction of sp³-hybridized carbons (Fsp3) is 0.524. The summed E-state index contributed by atoms with van der Waals surface area (Å²) in [5.74, 6) is 1.01. The maximum Gasteiger partial charge on any atom is 0.217 e. The lowest BCUT2D eigenvalue weighted by atomic mass is 9.77. The van der Waals surface area contributed by atoms with Gasteiger partial charge in [0, 0.05) is 38.3 Å². The summed E-state index contributed by atoms with van der Waals surface area (Å²) in [7, 11) is 0. The number of nitrogens with zero attached hydrogens (tertiary/aromatic N) is 3. The summed E-state index contributed by atoms with van der Waals surface area (Å²) in [6.45, 7) is 5.24. The molecule has 2 fully saturated rings. The van der Waals surface area contributed by atoms with Crippen molar-refractivity contribution in [2.24, 2.45) is 11.8 Å². The molecule has 2 heterocycles. The quantitative estimate of drug-likeness (QED) is 0.842. The number of nitrogens with one attached hydrogen (secondary N) is 1. The molecule has 6 heteroatoms. The van der Waals surface area contributed by atoms with Gasteiger partial charge in [-0.05, 0) is 30.2 Å². The molecule has 1 aromatic heterocycles. The van der Waals surface area contributed by atoms with E-state index < -0.39 is 6.10 Å². The SMILES string of the molecule is CC(=O)N[C@@H]1C[C@@H]2CN(Cc3cnn(Cc4ccccc4)c3)C[C@@H]2C[C@H]1O. The van der Waals surface area contributed by atoms with E-state index in [0.29, 0.717) is 11.8 Å². The molecule has 1 aliphatic carbocycles. The van der Waals surface area contributed by atoms with E-state index in [-0.39, 0.29) is 11.9 Å². The third-order valence-corrected chi connectivity index (χ3v) is 5.89. The van der Waals surface area contributed by atoms with Crippen LogP contribution in [0.3, 0.4) is 0 Å². The average molecular weight is 368 g/mol. The summed E-state index contributed by atoms with van der Waals surface area (Å²) < 4.78 is 1.99. The van der Waals surface area contributed by atoms with Gasteiger partial charge in [-0.3, -0.25) is 14.4 Å². The third kappa shape index (κ3) is 4.39. The summed E-state index contributed by atoms with van der Waals surface area (Å²) in [5.41, 5.74) is 2.47. The molecule has 144 valence electrons. The van der Waals surface area contributed by atoms with Crippen LogP contribution in [0.5, 0.6) is 0 Å². The predicted molar refractivity (Wildman–Crippen MR) is 103 cm³/mol. The van der Waals surface area contributed by atoms with Gasteiger partial charge in [-0.2, -0.15) is 5.10 Å². The lowest BCUT2D eigenvalue weighted by Crippen LogP contribution is -2.48. The van der Waals surface area contributed by atoms with Crippen LogP contribution in [0.4, 0.5) is 0 Å². The van der Waals surface area contributed by atoms with Crippen molar-refractivity contribution in [2.75, 3.05) is 13.1 Å². The van der Waals surface area contributed by atoms with E-state index in [2.05, 4.69) is 33.6 Å². The Morgan fingerprint density at radius 3 is 2.63 bits per heavy atom. The maximum absolute atomic E-state index is 11.3. The number of benzene rings is 1. The van der Waals surface area contributed by atoms with Crippen molar-refractivity contribution in [3.05, 3.63) is 53.9 Å². The number of carbonyl (C=O) groups is 1. The number of carbonyl (C=O) groups excluding carboxylic acids is 1. The van der Waals surface area contributed by atoms with Gasteiger partial charge < -0.3 is 10.4 Å². The maximum atomic E-state index is 11.3. The van der Waals surface area contributed by atoms with Crippen molar-refractivity contribution >= 4 is 5.91 Å².